The molecule has 5 aromatic rings. The van der Waals surface area contributed by atoms with Gasteiger partial charge in [-0.1, -0.05) is 0 Å². The minimum Gasteiger partial charge on any atom is -0.474 e. The Morgan fingerprint density at radius 2 is 1.92 bits per heavy atom. The fraction of sp³-hybridized carbons (Fsp3) is 0.259. The summed E-state index contributed by atoms with van der Waals surface area (Å²) >= 11 is 0. The Morgan fingerprint density at radius 1 is 1.05 bits per heavy atom. The summed E-state index contributed by atoms with van der Waals surface area (Å²) in [7, 11) is 1.87. The van der Waals surface area contributed by atoms with Crippen LogP contribution in [0.4, 0.5) is 15.9 Å². The van der Waals surface area contributed by atoms with Gasteiger partial charge in [-0.3, -0.25) is 4.68 Å². The lowest BCUT2D eigenvalue weighted by atomic mass is 10.1. The predicted molar refractivity (Wildman–Crippen MR) is 139 cm³/mol. The van der Waals surface area contributed by atoms with E-state index < -0.39 is 5.82 Å². The Hall–Kier alpha value is -4.31. The molecule has 10 heteroatoms. The van der Waals surface area contributed by atoms with E-state index in [0.29, 0.717) is 39.8 Å². The number of halogens is 1. The number of nitrogens with zero attached hydrogens (tertiary/aromatic N) is 5. The van der Waals surface area contributed by atoms with Crippen LogP contribution in [0.5, 0.6) is 17.4 Å². The molecule has 0 bridgehead atoms. The number of nitrogens with one attached hydrogen (secondary N) is 2. The van der Waals surface area contributed by atoms with E-state index in [1.807, 2.05) is 37.5 Å². The second kappa shape index (κ2) is 9.62. The van der Waals surface area contributed by atoms with E-state index in [9.17, 15) is 0 Å². The van der Waals surface area contributed by atoms with Crippen molar-refractivity contribution >= 4 is 33.4 Å². The highest BCUT2D eigenvalue weighted by molar-refractivity contribution is 5.87. The highest BCUT2D eigenvalue weighted by Crippen LogP contribution is 2.33. The first-order valence-electron chi connectivity index (χ1n) is 12.2. The third-order valence-corrected chi connectivity index (χ3v) is 6.44. The summed E-state index contributed by atoms with van der Waals surface area (Å²) in [5.74, 6) is 1.46. The van der Waals surface area contributed by atoms with Crippen molar-refractivity contribution in [3.8, 4) is 17.4 Å². The fourth-order valence-electron chi connectivity index (χ4n) is 4.48. The number of ether oxygens (including phenoxy) is 2. The molecule has 3 aromatic heterocycles. The van der Waals surface area contributed by atoms with Gasteiger partial charge in [-0.05, 0) is 63.2 Å². The van der Waals surface area contributed by atoms with Crippen LogP contribution >= 0.6 is 0 Å². The zero-order valence-electron chi connectivity index (χ0n) is 20.5. The predicted octanol–water partition coefficient (Wildman–Crippen LogP) is 5.03. The summed E-state index contributed by atoms with van der Waals surface area (Å²) in [5.41, 5.74) is 2.58. The Balaban J connectivity index is 1.25. The van der Waals surface area contributed by atoms with Gasteiger partial charge in [0.15, 0.2) is 11.6 Å². The maximum atomic E-state index is 15.4. The van der Waals surface area contributed by atoms with Gasteiger partial charge < -0.3 is 20.1 Å². The van der Waals surface area contributed by atoms with E-state index in [4.69, 9.17) is 9.47 Å². The lowest BCUT2D eigenvalue weighted by Gasteiger charge is -2.23. The highest BCUT2D eigenvalue weighted by atomic mass is 19.1. The molecule has 0 radical (unpaired) electrons. The van der Waals surface area contributed by atoms with Crippen LogP contribution in [0.15, 0.2) is 55.0 Å². The van der Waals surface area contributed by atoms with Gasteiger partial charge in [-0.2, -0.15) is 5.10 Å². The molecule has 6 rings (SSSR count). The highest BCUT2D eigenvalue weighted by Gasteiger charge is 2.18. The number of piperidine rings is 1. The van der Waals surface area contributed by atoms with Crippen molar-refractivity contribution in [2.45, 2.75) is 25.9 Å². The van der Waals surface area contributed by atoms with E-state index in [2.05, 4.69) is 30.7 Å². The number of aryl methyl sites for hydroxylation is 1. The van der Waals surface area contributed by atoms with E-state index in [1.54, 1.807) is 29.8 Å². The third-order valence-electron chi connectivity index (χ3n) is 6.44. The van der Waals surface area contributed by atoms with Gasteiger partial charge in [0, 0.05) is 36.3 Å². The molecule has 188 valence electrons. The van der Waals surface area contributed by atoms with Crippen LogP contribution in [0, 0.1) is 12.7 Å². The summed E-state index contributed by atoms with van der Waals surface area (Å²) in [6.45, 7) is 3.52. The number of rotatable bonds is 6. The fourth-order valence-corrected chi connectivity index (χ4v) is 4.48. The molecule has 1 aliphatic heterocycles. The molecule has 0 aliphatic carbocycles. The topological polar surface area (TPSA) is 99.0 Å². The summed E-state index contributed by atoms with van der Waals surface area (Å²) < 4.78 is 29.3. The van der Waals surface area contributed by atoms with Gasteiger partial charge >= 0.3 is 0 Å². The van der Waals surface area contributed by atoms with Gasteiger partial charge in [0.05, 0.1) is 16.7 Å². The van der Waals surface area contributed by atoms with E-state index in [-0.39, 0.29) is 11.8 Å². The van der Waals surface area contributed by atoms with Crippen molar-refractivity contribution in [3.05, 3.63) is 66.4 Å². The van der Waals surface area contributed by atoms with Crippen molar-refractivity contribution in [1.82, 2.24) is 30.0 Å². The summed E-state index contributed by atoms with van der Waals surface area (Å²) in [6.07, 6.45) is 5.31. The number of benzene rings is 2. The SMILES string of the molecule is Cc1c(Oc2ccc3cn(C)nc3c2)ccc(Nc2ncnc3ccc(OC4CCNCC4)nc23)c1F. The average molecular weight is 500 g/mol. The van der Waals surface area contributed by atoms with E-state index >= 15 is 4.39 Å². The summed E-state index contributed by atoms with van der Waals surface area (Å²) in [6, 6.07) is 12.6. The molecule has 1 aliphatic rings. The van der Waals surface area contributed by atoms with E-state index in [0.717, 1.165) is 36.8 Å². The molecule has 1 saturated heterocycles. The van der Waals surface area contributed by atoms with Crippen LogP contribution in [0.2, 0.25) is 0 Å². The molecular weight excluding hydrogens is 473 g/mol. The molecule has 2 N–H and O–H groups in total. The monoisotopic (exact) mass is 499 g/mol. The Morgan fingerprint density at radius 3 is 2.78 bits per heavy atom. The second-order valence-electron chi connectivity index (χ2n) is 9.11. The van der Waals surface area contributed by atoms with Crippen LogP contribution in [-0.4, -0.2) is 43.9 Å². The standard InChI is InChI=1S/C27H26FN7O2/c1-16-23(36-19-4-3-17-14-35(2)34-22(17)13-19)7-5-20(25(16)28)32-27-26-21(30-15-31-27)6-8-24(33-26)37-18-9-11-29-12-10-18/h3-8,13-15,18,29H,9-12H2,1-2H3,(H,30,31,32). The molecule has 0 atom stereocenters. The molecule has 0 unspecified atom stereocenters. The zero-order chi connectivity index (χ0) is 25.4. The van der Waals surface area contributed by atoms with Crippen molar-refractivity contribution < 1.29 is 13.9 Å². The number of aromatic nitrogens is 5. The number of hydrogen-bond donors (Lipinski definition) is 2. The Kier molecular flexibility index (Phi) is 6.01. The summed E-state index contributed by atoms with van der Waals surface area (Å²) in [5, 5.41) is 11.8. The van der Waals surface area contributed by atoms with Gasteiger partial charge in [-0.25, -0.2) is 19.3 Å². The molecule has 4 heterocycles. The third kappa shape index (κ3) is 4.75. The molecule has 0 amide bonds. The minimum absolute atomic E-state index is 0.110. The Labute approximate surface area is 212 Å². The van der Waals surface area contributed by atoms with Crippen LogP contribution in [0.25, 0.3) is 21.9 Å². The number of anilines is 2. The zero-order valence-corrected chi connectivity index (χ0v) is 20.5. The smallest absolute Gasteiger partial charge is 0.214 e. The first kappa shape index (κ1) is 23.1. The van der Waals surface area contributed by atoms with Crippen molar-refractivity contribution in [1.29, 1.82) is 0 Å². The van der Waals surface area contributed by atoms with Crippen LogP contribution in [0.1, 0.15) is 18.4 Å². The molecular formula is C27H26FN7O2. The van der Waals surface area contributed by atoms with Gasteiger partial charge in [-0.15, -0.1) is 0 Å². The lowest BCUT2D eigenvalue weighted by Crippen LogP contribution is -2.34. The number of pyridine rings is 1. The number of hydrogen-bond acceptors (Lipinski definition) is 8. The van der Waals surface area contributed by atoms with Gasteiger partial charge in [0.1, 0.15) is 29.4 Å². The molecule has 0 saturated carbocycles. The minimum atomic E-state index is -0.440. The maximum Gasteiger partial charge on any atom is 0.214 e. The first-order chi connectivity index (χ1) is 18.0. The molecule has 37 heavy (non-hydrogen) atoms. The Bertz CT molecular complexity index is 1600. The molecule has 0 spiro atoms. The second-order valence-corrected chi connectivity index (χ2v) is 9.11. The van der Waals surface area contributed by atoms with Gasteiger partial charge in [0.25, 0.3) is 0 Å². The molecule has 1 fully saturated rings. The normalized spacial score (nSPS) is 14.2. The van der Waals surface area contributed by atoms with Crippen molar-refractivity contribution in [2.24, 2.45) is 7.05 Å². The van der Waals surface area contributed by atoms with Crippen LogP contribution in [-0.2, 0) is 7.05 Å². The quantitative estimate of drug-likeness (QED) is 0.336. The summed E-state index contributed by atoms with van der Waals surface area (Å²) in [4.78, 5) is 13.3. The van der Waals surface area contributed by atoms with Crippen LogP contribution < -0.4 is 20.1 Å². The van der Waals surface area contributed by atoms with E-state index in [1.165, 1.54) is 6.33 Å². The van der Waals surface area contributed by atoms with Crippen LogP contribution in [0.3, 0.4) is 0 Å². The average Bonchev–Trinajstić information content (AvgIpc) is 3.28. The van der Waals surface area contributed by atoms with Gasteiger partial charge in [0.2, 0.25) is 5.88 Å². The largest absolute Gasteiger partial charge is 0.474 e. The molecule has 2 aromatic carbocycles. The van der Waals surface area contributed by atoms with Crippen molar-refractivity contribution in [2.75, 3.05) is 18.4 Å². The maximum absolute atomic E-state index is 15.4. The molecule has 9 nitrogen and oxygen atoms in total. The first-order valence-corrected chi connectivity index (χ1v) is 12.2. The number of fused-ring (bicyclic) bond motifs is 2. The van der Waals surface area contributed by atoms with Crippen molar-refractivity contribution in [3.63, 3.8) is 0 Å². The lowest BCUT2D eigenvalue weighted by molar-refractivity contribution is 0.156.